The van der Waals surface area contributed by atoms with Crippen molar-refractivity contribution in [3.63, 3.8) is 0 Å². The fourth-order valence-electron chi connectivity index (χ4n) is 2.16. The summed E-state index contributed by atoms with van der Waals surface area (Å²) in [6, 6.07) is 16.0. The van der Waals surface area contributed by atoms with Crippen LogP contribution >= 0.6 is 0 Å². The van der Waals surface area contributed by atoms with Gasteiger partial charge in [-0.05, 0) is 49.8 Å². The smallest absolute Gasteiger partial charge is 0.348 e. The van der Waals surface area contributed by atoms with Crippen LogP contribution in [-0.4, -0.2) is 25.1 Å². The fourth-order valence-corrected chi connectivity index (χ4v) is 2.16. The highest BCUT2D eigenvalue weighted by atomic mass is 16.5. The monoisotopic (exact) mass is 364 g/mol. The number of nitrogens with one attached hydrogen (secondary N) is 1. The molecule has 2 aromatic rings. The fraction of sp³-hybridized carbons (Fsp3) is 0.190. The highest BCUT2D eigenvalue weighted by molar-refractivity contribution is 5.97. The van der Waals surface area contributed by atoms with Gasteiger partial charge < -0.3 is 14.8 Å². The van der Waals surface area contributed by atoms with Crippen LogP contribution in [0.25, 0.3) is 6.08 Å². The van der Waals surface area contributed by atoms with Crippen LogP contribution in [0.3, 0.4) is 0 Å². The van der Waals surface area contributed by atoms with E-state index in [1.807, 2.05) is 37.3 Å². The molecule has 2 rings (SSSR count). The molecule has 0 aliphatic heterocycles. The zero-order valence-electron chi connectivity index (χ0n) is 15.2. The summed E-state index contributed by atoms with van der Waals surface area (Å²) in [5.41, 5.74) is 2.39. The highest BCUT2D eigenvalue weighted by Gasteiger charge is 2.09. The van der Waals surface area contributed by atoms with Gasteiger partial charge in [-0.2, -0.15) is 5.26 Å². The van der Waals surface area contributed by atoms with E-state index in [-0.39, 0.29) is 24.7 Å². The van der Waals surface area contributed by atoms with Crippen molar-refractivity contribution in [1.29, 1.82) is 5.26 Å². The summed E-state index contributed by atoms with van der Waals surface area (Å²) in [6.07, 6.45) is 1.44. The van der Waals surface area contributed by atoms with Crippen molar-refractivity contribution in [2.75, 3.05) is 18.5 Å². The average molecular weight is 364 g/mol. The number of rotatable bonds is 7. The average Bonchev–Trinajstić information content (AvgIpc) is 2.67. The van der Waals surface area contributed by atoms with Crippen LogP contribution in [0.2, 0.25) is 0 Å². The summed E-state index contributed by atoms with van der Waals surface area (Å²) in [5.74, 6) is -0.425. The van der Waals surface area contributed by atoms with Crippen LogP contribution in [0.5, 0.6) is 5.75 Å². The maximum Gasteiger partial charge on any atom is 0.348 e. The normalized spacial score (nSPS) is 10.6. The Morgan fingerprint density at radius 1 is 1.11 bits per heavy atom. The summed E-state index contributed by atoms with van der Waals surface area (Å²) >= 11 is 0. The number of nitrogens with zero attached hydrogens (tertiary/aromatic N) is 1. The number of esters is 1. The third-order valence-electron chi connectivity index (χ3n) is 3.51. The Labute approximate surface area is 158 Å². The molecular weight excluding hydrogens is 344 g/mol. The molecule has 2 aromatic carbocycles. The minimum atomic E-state index is -0.659. The highest BCUT2D eigenvalue weighted by Crippen LogP contribution is 2.15. The summed E-state index contributed by atoms with van der Waals surface area (Å²) < 4.78 is 10.3. The lowest BCUT2D eigenvalue weighted by molar-refractivity contribution is -0.137. The quantitative estimate of drug-likeness (QED) is 0.462. The molecule has 0 aliphatic rings. The predicted octanol–water partition coefficient (Wildman–Crippen LogP) is 3.48. The molecule has 0 atom stereocenters. The summed E-state index contributed by atoms with van der Waals surface area (Å²) in [5, 5.41) is 11.8. The van der Waals surface area contributed by atoms with Crippen LogP contribution in [0.15, 0.2) is 54.1 Å². The SMILES string of the molecule is CCOC(=O)/C(C#N)=C/c1ccc(OCC(=O)Nc2ccc(C)cc2)cc1. The van der Waals surface area contributed by atoms with E-state index in [9.17, 15) is 9.59 Å². The molecule has 6 nitrogen and oxygen atoms in total. The number of ether oxygens (including phenoxy) is 2. The number of benzene rings is 2. The number of hydrogen-bond acceptors (Lipinski definition) is 5. The number of nitriles is 1. The number of aryl methyl sites for hydroxylation is 1. The number of carbonyl (C=O) groups excluding carboxylic acids is 2. The Balaban J connectivity index is 1.91. The molecule has 0 saturated carbocycles. The van der Waals surface area contributed by atoms with Crippen LogP contribution in [0.4, 0.5) is 5.69 Å². The first kappa shape index (κ1) is 19.7. The van der Waals surface area contributed by atoms with Crippen molar-refractivity contribution < 1.29 is 19.1 Å². The van der Waals surface area contributed by atoms with Crippen molar-refractivity contribution in [3.05, 3.63) is 65.2 Å². The van der Waals surface area contributed by atoms with E-state index in [0.29, 0.717) is 17.0 Å². The molecule has 6 heteroatoms. The summed E-state index contributed by atoms with van der Waals surface area (Å²) in [6.45, 7) is 3.72. The van der Waals surface area contributed by atoms with E-state index in [1.165, 1.54) is 6.08 Å². The maximum absolute atomic E-state index is 11.9. The van der Waals surface area contributed by atoms with Gasteiger partial charge in [0.1, 0.15) is 17.4 Å². The zero-order chi connectivity index (χ0) is 19.6. The summed E-state index contributed by atoms with van der Waals surface area (Å²) in [4.78, 5) is 23.5. The summed E-state index contributed by atoms with van der Waals surface area (Å²) in [7, 11) is 0. The maximum atomic E-state index is 11.9. The molecule has 27 heavy (non-hydrogen) atoms. The second kappa shape index (κ2) is 9.78. The van der Waals surface area contributed by atoms with E-state index in [4.69, 9.17) is 14.7 Å². The lowest BCUT2D eigenvalue weighted by Crippen LogP contribution is -2.20. The van der Waals surface area contributed by atoms with Gasteiger partial charge in [-0.1, -0.05) is 29.8 Å². The lowest BCUT2D eigenvalue weighted by Gasteiger charge is -2.08. The molecule has 0 bridgehead atoms. The van der Waals surface area contributed by atoms with E-state index < -0.39 is 5.97 Å². The second-order valence-corrected chi connectivity index (χ2v) is 5.66. The Kier molecular flexibility index (Phi) is 7.15. The topological polar surface area (TPSA) is 88.4 Å². The second-order valence-electron chi connectivity index (χ2n) is 5.66. The molecule has 0 unspecified atom stereocenters. The predicted molar refractivity (Wildman–Crippen MR) is 102 cm³/mol. The van der Waals surface area contributed by atoms with Crippen molar-refractivity contribution in [1.82, 2.24) is 0 Å². The molecule has 1 amide bonds. The standard InChI is InChI=1S/C21H20N2O4/c1-3-26-21(25)17(13-22)12-16-6-10-19(11-7-16)27-14-20(24)23-18-8-4-15(2)5-9-18/h4-12H,3,14H2,1-2H3,(H,23,24)/b17-12+. The van der Waals surface area contributed by atoms with Crippen LogP contribution in [-0.2, 0) is 14.3 Å². The Morgan fingerprint density at radius 3 is 2.37 bits per heavy atom. The van der Waals surface area contributed by atoms with Crippen LogP contribution < -0.4 is 10.1 Å². The molecule has 0 radical (unpaired) electrons. The molecule has 0 aromatic heterocycles. The van der Waals surface area contributed by atoms with Gasteiger partial charge in [0.05, 0.1) is 6.61 Å². The lowest BCUT2D eigenvalue weighted by atomic mass is 10.1. The van der Waals surface area contributed by atoms with Gasteiger partial charge in [-0.3, -0.25) is 4.79 Å². The van der Waals surface area contributed by atoms with Crippen molar-refractivity contribution >= 4 is 23.6 Å². The zero-order valence-corrected chi connectivity index (χ0v) is 15.2. The largest absolute Gasteiger partial charge is 0.484 e. The van der Waals surface area contributed by atoms with E-state index in [0.717, 1.165) is 5.56 Å². The van der Waals surface area contributed by atoms with Crippen molar-refractivity contribution in [2.24, 2.45) is 0 Å². The Bertz CT molecular complexity index is 863. The Morgan fingerprint density at radius 2 is 1.78 bits per heavy atom. The van der Waals surface area contributed by atoms with Gasteiger partial charge in [-0.15, -0.1) is 0 Å². The third-order valence-corrected chi connectivity index (χ3v) is 3.51. The molecular formula is C21H20N2O4. The van der Waals surface area contributed by atoms with Crippen molar-refractivity contribution in [2.45, 2.75) is 13.8 Å². The van der Waals surface area contributed by atoms with Crippen LogP contribution in [0.1, 0.15) is 18.1 Å². The molecule has 1 N–H and O–H groups in total. The minimum absolute atomic E-state index is 0.0806. The van der Waals surface area contributed by atoms with Gasteiger partial charge in [-0.25, -0.2) is 4.79 Å². The van der Waals surface area contributed by atoms with Crippen molar-refractivity contribution in [3.8, 4) is 11.8 Å². The Hall–Kier alpha value is -3.59. The molecule has 0 fully saturated rings. The molecule has 0 spiro atoms. The van der Waals surface area contributed by atoms with E-state index in [1.54, 1.807) is 31.2 Å². The molecule has 0 aliphatic carbocycles. The first-order chi connectivity index (χ1) is 13.0. The van der Waals surface area contributed by atoms with E-state index >= 15 is 0 Å². The third kappa shape index (κ3) is 6.33. The number of carbonyl (C=O) groups is 2. The molecule has 0 heterocycles. The van der Waals surface area contributed by atoms with Gasteiger partial charge in [0.15, 0.2) is 6.61 Å². The molecule has 0 saturated heterocycles. The van der Waals surface area contributed by atoms with Gasteiger partial charge >= 0.3 is 5.97 Å². The van der Waals surface area contributed by atoms with Gasteiger partial charge in [0.25, 0.3) is 5.91 Å². The first-order valence-corrected chi connectivity index (χ1v) is 8.40. The minimum Gasteiger partial charge on any atom is -0.484 e. The van der Waals surface area contributed by atoms with Gasteiger partial charge in [0.2, 0.25) is 0 Å². The van der Waals surface area contributed by atoms with Crippen LogP contribution in [0, 0.1) is 18.3 Å². The molecule has 138 valence electrons. The first-order valence-electron chi connectivity index (χ1n) is 8.40. The van der Waals surface area contributed by atoms with Gasteiger partial charge in [0, 0.05) is 5.69 Å². The number of anilines is 1. The van der Waals surface area contributed by atoms with E-state index in [2.05, 4.69) is 5.32 Å². The number of hydrogen-bond donors (Lipinski definition) is 1. The number of amides is 1.